The summed E-state index contributed by atoms with van der Waals surface area (Å²) < 4.78 is 5.74. The number of hydrogen-bond donors (Lipinski definition) is 1. The quantitative estimate of drug-likeness (QED) is 0.818. The molecule has 1 N–H and O–H groups in total. The Morgan fingerprint density at radius 3 is 2.67 bits per heavy atom. The molecule has 0 aromatic rings. The monoisotopic (exact) mass is 318 g/mol. The molecule has 3 atom stereocenters. The van der Waals surface area contributed by atoms with Gasteiger partial charge in [-0.3, -0.25) is 4.79 Å². The summed E-state index contributed by atoms with van der Waals surface area (Å²) in [5.74, 6) is 0.907. The van der Waals surface area contributed by atoms with Crippen molar-refractivity contribution in [3.05, 3.63) is 0 Å². The van der Waals surface area contributed by atoms with Gasteiger partial charge in [-0.25, -0.2) is 0 Å². The van der Waals surface area contributed by atoms with Crippen LogP contribution in [-0.2, 0) is 9.53 Å². The summed E-state index contributed by atoms with van der Waals surface area (Å²) in [7, 11) is 0. The molecule has 2 heterocycles. The van der Waals surface area contributed by atoms with Crippen molar-refractivity contribution in [2.45, 2.75) is 71.1 Å². The maximum atomic E-state index is 12.2. The van der Waals surface area contributed by atoms with E-state index in [1.807, 2.05) is 4.90 Å². The first kappa shape index (κ1) is 18.7. The number of hydrogen-bond acceptors (Lipinski definition) is 3. The molecule has 0 spiro atoms. The third-order valence-electron chi connectivity index (χ3n) is 4.40. The molecule has 124 valence electrons. The first-order valence-electron chi connectivity index (χ1n) is 8.20. The lowest BCUT2D eigenvalue weighted by Crippen LogP contribution is -2.39. The van der Waals surface area contributed by atoms with Crippen LogP contribution < -0.4 is 5.32 Å². The molecule has 5 heteroatoms. The molecule has 0 aliphatic carbocycles. The number of nitrogens with zero attached hydrogens (tertiary/aromatic N) is 1. The molecular formula is C16H31ClN2O2. The maximum absolute atomic E-state index is 12.2. The van der Waals surface area contributed by atoms with E-state index in [-0.39, 0.29) is 24.4 Å². The minimum atomic E-state index is 0. The van der Waals surface area contributed by atoms with Crippen molar-refractivity contribution in [2.75, 3.05) is 19.7 Å². The largest absolute Gasteiger partial charge is 0.378 e. The van der Waals surface area contributed by atoms with Crippen molar-refractivity contribution >= 4 is 18.3 Å². The smallest absolute Gasteiger partial charge is 0.224 e. The van der Waals surface area contributed by atoms with Crippen molar-refractivity contribution < 1.29 is 9.53 Å². The second-order valence-electron chi connectivity index (χ2n) is 6.83. The number of ether oxygens (including phenoxy) is 1. The summed E-state index contributed by atoms with van der Waals surface area (Å²) in [5.41, 5.74) is 0. The van der Waals surface area contributed by atoms with Gasteiger partial charge in [-0.15, -0.1) is 12.4 Å². The minimum absolute atomic E-state index is 0. The Hall–Kier alpha value is -0.320. The topological polar surface area (TPSA) is 41.6 Å². The van der Waals surface area contributed by atoms with E-state index >= 15 is 0 Å². The van der Waals surface area contributed by atoms with Gasteiger partial charge in [0, 0.05) is 25.2 Å². The van der Waals surface area contributed by atoms with Crippen molar-refractivity contribution in [1.29, 1.82) is 0 Å². The first-order valence-corrected chi connectivity index (χ1v) is 8.20. The number of nitrogens with one attached hydrogen (secondary N) is 1. The third kappa shape index (κ3) is 6.13. The molecule has 0 aromatic carbocycles. The van der Waals surface area contributed by atoms with Crippen molar-refractivity contribution in [3.8, 4) is 0 Å². The summed E-state index contributed by atoms with van der Waals surface area (Å²) in [6.45, 7) is 8.85. The maximum Gasteiger partial charge on any atom is 0.224 e. The lowest BCUT2D eigenvalue weighted by molar-refractivity contribution is -0.133. The van der Waals surface area contributed by atoms with E-state index in [1.165, 1.54) is 12.8 Å². The Morgan fingerprint density at radius 1 is 1.24 bits per heavy atom. The molecule has 2 aliphatic rings. The van der Waals surface area contributed by atoms with Gasteiger partial charge < -0.3 is 15.0 Å². The Morgan fingerprint density at radius 2 is 1.95 bits per heavy atom. The van der Waals surface area contributed by atoms with Gasteiger partial charge in [-0.2, -0.15) is 0 Å². The highest BCUT2D eigenvalue weighted by atomic mass is 35.5. The Bertz CT molecular complexity index is 325. The zero-order chi connectivity index (χ0) is 14.5. The van der Waals surface area contributed by atoms with Crippen LogP contribution in [0.1, 0.15) is 52.9 Å². The van der Waals surface area contributed by atoms with Crippen LogP contribution in [0.3, 0.4) is 0 Å². The SMILES string of the molecule is CC(C)CC(C)OCCC(=O)N1CCC2CCC(C1)N2.Cl. The molecule has 21 heavy (non-hydrogen) atoms. The number of halogens is 1. The number of carbonyl (C=O) groups is 1. The van der Waals surface area contributed by atoms with Gasteiger partial charge >= 0.3 is 0 Å². The van der Waals surface area contributed by atoms with Crippen LogP contribution in [0, 0.1) is 5.92 Å². The molecule has 4 nitrogen and oxygen atoms in total. The Kier molecular flexibility index (Phi) is 7.99. The first-order chi connectivity index (χ1) is 9.54. The van der Waals surface area contributed by atoms with E-state index in [1.54, 1.807) is 0 Å². The highest BCUT2D eigenvalue weighted by molar-refractivity contribution is 5.85. The van der Waals surface area contributed by atoms with Crippen molar-refractivity contribution in [1.82, 2.24) is 10.2 Å². The van der Waals surface area contributed by atoms with E-state index < -0.39 is 0 Å². The Balaban J connectivity index is 0.00000220. The molecule has 2 saturated heterocycles. The highest BCUT2D eigenvalue weighted by Crippen LogP contribution is 2.20. The van der Waals surface area contributed by atoms with Gasteiger partial charge in [0.1, 0.15) is 0 Å². The van der Waals surface area contributed by atoms with Gasteiger partial charge in [-0.1, -0.05) is 13.8 Å². The highest BCUT2D eigenvalue weighted by Gasteiger charge is 2.30. The number of amides is 1. The van der Waals surface area contributed by atoms with E-state index in [9.17, 15) is 4.79 Å². The molecular weight excluding hydrogens is 288 g/mol. The fourth-order valence-corrected chi connectivity index (χ4v) is 3.41. The molecule has 2 rings (SSSR count). The fraction of sp³-hybridized carbons (Fsp3) is 0.938. The molecule has 0 aromatic heterocycles. The number of likely N-dealkylation sites (tertiary alicyclic amines) is 1. The number of carbonyl (C=O) groups excluding carboxylic acids is 1. The minimum Gasteiger partial charge on any atom is -0.378 e. The van der Waals surface area contributed by atoms with E-state index in [4.69, 9.17) is 4.74 Å². The van der Waals surface area contributed by atoms with E-state index in [0.717, 1.165) is 25.9 Å². The zero-order valence-corrected chi connectivity index (χ0v) is 14.5. The predicted molar refractivity (Wildman–Crippen MR) is 87.9 cm³/mol. The van der Waals surface area contributed by atoms with Gasteiger partial charge in [0.25, 0.3) is 0 Å². The molecule has 2 bridgehead atoms. The fourth-order valence-electron chi connectivity index (χ4n) is 3.41. The van der Waals surface area contributed by atoms with Gasteiger partial charge in [0.05, 0.1) is 19.1 Å². The van der Waals surface area contributed by atoms with Crippen LogP contribution in [0.4, 0.5) is 0 Å². The number of rotatable bonds is 6. The summed E-state index contributed by atoms with van der Waals surface area (Å²) >= 11 is 0. The standard InChI is InChI=1S/C16H30N2O2.ClH/c1-12(2)10-13(3)20-9-7-16(19)18-8-6-14-4-5-15(11-18)17-14;/h12-15,17H,4-11H2,1-3H3;1H. The predicted octanol–water partition coefficient (Wildman–Crippen LogP) is 2.60. The van der Waals surface area contributed by atoms with Crippen LogP contribution in [0.2, 0.25) is 0 Å². The van der Waals surface area contributed by atoms with Crippen LogP contribution in [0.5, 0.6) is 0 Å². The zero-order valence-electron chi connectivity index (χ0n) is 13.6. The van der Waals surface area contributed by atoms with Gasteiger partial charge in [-0.05, 0) is 38.5 Å². The van der Waals surface area contributed by atoms with Crippen LogP contribution in [0.25, 0.3) is 0 Å². The second-order valence-corrected chi connectivity index (χ2v) is 6.83. The number of fused-ring (bicyclic) bond motifs is 2. The molecule has 0 saturated carbocycles. The Labute approximate surface area is 135 Å². The lowest BCUT2D eigenvalue weighted by atomic mass is 10.1. The molecule has 0 radical (unpaired) electrons. The second kappa shape index (κ2) is 8.96. The third-order valence-corrected chi connectivity index (χ3v) is 4.40. The summed E-state index contributed by atoms with van der Waals surface area (Å²) in [5, 5.41) is 3.61. The summed E-state index contributed by atoms with van der Waals surface area (Å²) in [6.07, 6.45) is 5.45. The normalized spacial score (nSPS) is 26.4. The van der Waals surface area contributed by atoms with Crippen LogP contribution in [-0.4, -0.2) is 48.7 Å². The van der Waals surface area contributed by atoms with Gasteiger partial charge in [0.15, 0.2) is 0 Å². The van der Waals surface area contributed by atoms with E-state index in [0.29, 0.717) is 31.0 Å². The average molecular weight is 319 g/mol. The van der Waals surface area contributed by atoms with Crippen molar-refractivity contribution in [3.63, 3.8) is 0 Å². The molecule has 3 unspecified atom stereocenters. The van der Waals surface area contributed by atoms with Crippen LogP contribution >= 0.6 is 12.4 Å². The van der Waals surface area contributed by atoms with E-state index in [2.05, 4.69) is 26.1 Å². The average Bonchev–Trinajstić information content (AvgIpc) is 2.67. The van der Waals surface area contributed by atoms with Crippen molar-refractivity contribution in [2.24, 2.45) is 5.92 Å². The molecule has 2 fully saturated rings. The van der Waals surface area contributed by atoms with Gasteiger partial charge in [0.2, 0.25) is 5.91 Å². The van der Waals surface area contributed by atoms with Crippen LogP contribution in [0.15, 0.2) is 0 Å². The molecule has 1 amide bonds. The summed E-state index contributed by atoms with van der Waals surface area (Å²) in [4.78, 5) is 14.3. The molecule has 2 aliphatic heterocycles. The lowest BCUT2D eigenvalue weighted by Gasteiger charge is -2.24. The summed E-state index contributed by atoms with van der Waals surface area (Å²) in [6, 6.07) is 1.16.